The van der Waals surface area contributed by atoms with E-state index in [2.05, 4.69) is 20.7 Å². The van der Waals surface area contributed by atoms with Crippen LogP contribution in [-0.4, -0.2) is 40.1 Å². The van der Waals surface area contributed by atoms with Crippen LogP contribution < -0.4 is 15.4 Å². The summed E-state index contributed by atoms with van der Waals surface area (Å²) in [6, 6.07) is 12.8. The van der Waals surface area contributed by atoms with Gasteiger partial charge in [0.15, 0.2) is 5.82 Å². The third kappa shape index (κ3) is 4.53. The van der Waals surface area contributed by atoms with Crippen LogP contribution in [0.3, 0.4) is 0 Å². The van der Waals surface area contributed by atoms with Gasteiger partial charge in [0.05, 0.1) is 18.5 Å². The summed E-state index contributed by atoms with van der Waals surface area (Å²) in [7, 11) is 1.48. The normalized spacial score (nSPS) is 10.8. The second-order valence-electron chi connectivity index (χ2n) is 6.52. The molecule has 4 aromatic rings. The first-order valence-electron chi connectivity index (χ1n) is 9.36. The van der Waals surface area contributed by atoms with Crippen LogP contribution in [0.15, 0.2) is 53.9 Å². The number of thiazole rings is 1. The number of carbonyl (C=O) groups is 2. The fourth-order valence-corrected chi connectivity index (χ4v) is 3.79. The summed E-state index contributed by atoms with van der Waals surface area (Å²) in [6.45, 7) is 0.246. The van der Waals surface area contributed by atoms with Crippen molar-refractivity contribution in [3.05, 3.63) is 65.4 Å². The third-order valence-corrected chi connectivity index (χ3v) is 5.35. The van der Waals surface area contributed by atoms with Gasteiger partial charge >= 0.3 is 11.8 Å². The Morgan fingerprint density at radius 1 is 1.13 bits per heavy atom. The fourth-order valence-electron chi connectivity index (χ4n) is 2.93. The quantitative estimate of drug-likeness (QED) is 0.450. The van der Waals surface area contributed by atoms with Crippen LogP contribution in [0.25, 0.3) is 16.3 Å². The van der Waals surface area contributed by atoms with E-state index in [4.69, 9.17) is 4.74 Å². The number of benzene rings is 2. The van der Waals surface area contributed by atoms with E-state index in [1.54, 1.807) is 40.9 Å². The smallest absolute Gasteiger partial charge is 0.313 e. The summed E-state index contributed by atoms with van der Waals surface area (Å²) in [5, 5.41) is 11.5. The molecular weight excluding hydrogens is 421 g/mol. The van der Waals surface area contributed by atoms with E-state index in [0.717, 1.165) is 5.69 Å². The molecule has 0 radical (unpaired) electrons. The maximum Gasteiger partial charge on any atom is 0.313 e. The van der Waals surface area contributed by atoms with Gasteiger partial charge in [-0.3, -0.25) is 9.59 Å². The number of ether oxygens (including phenoxy) is 1. The van der Waals surface area contributed by atoms with E-state index in [0.29, 0.717) is 34.2 Å². The zero-order valence-corrected chi connectivity index (χ0v) is 17.3. The van der Waals surface area contributed by atoms with E-state index in [9.17, 15) is 14.0 Å². The van der Waals surface area contributed by atoms with Crippen molar-refractivity contribution < 1.29 is 18.7 Å². The Morgan fingerprint density at radius 3 is 2.68 bits per heavy atom. The molecule has 0 aliphatic heterocycles. The van der Waals surface area contributed by atoms with Crippen LogP contribution in [0.4, 0.5) is 10.1 Å². The molecule has 0 bridgehead atoms. The summed E-state index contributed by atoms with van der Waals surface area (Å²) in [5.74, 6) is -0.890. The van der Waals surface area contributed by atoms with Crippen LogP contribution in [0, 0.1) is 5.82 Å². The van der Waals surface area contributed by atoms with Gasteiger partial charge in [0.25, 0.3) is 0 Å². The zero-order chi connectivity index (χ0) is 21.8. The molecule has 2 aromatic heterocycles. The molecule has 0 aliphatic carbocycles. The first kappa shape index (κ1) is 20.5. The largest absolute Gasteiger partial charge is 0.495 e. The van der Waals surface area contributed by atoms with Gasteiger partial charge < -0.3 is 15.4 Å². The van der Waals surface area contributed by atoms with Crippen molar-refractivity contribution >= 4 is 33.8 Å². The van der Waals surface area contributed by atoms with Crippen molar-refractivity contribution in [2.45, 2.75) is 6.42 Å². The minimum atomic E-state index is -0.778. The molecule has 2 aromatic carbocycles. The number of carbonyl (C=O) groups excluding carboxylic acids is 2. The number of halogens is 1. The maximum atomic E-state index is 13.1. The zero-order valence-electron chi connectivity index (χ0n) is 16.5. The molecule has 2 N–H and O–H groups in total. The molecule has 0 saturated carbocycles. The van der Waals surface area contributed by atoms with Gasteiger partial charge in [-0.2, -0.15) is 4.98 Å². The number of nitrogens with one attached hydrogen (secondary N) is 2. The average Bonchev–Trinajstić information content (AvgIpc) is 3.36. The summed E-state index contributed by atoms with van der Waals surface area (Å²) in [6.07, 6.45) is 0.458. The number of fused-ring (bicyclic) bond motifs is 1. The summed E-state index contributed by atoms with van der Waals surface area (Å²) < 4.78 is 20.0. The first-order chi connectivity index (χ1) is 15.0. The van der Waals surface area contributed by atoms with E-state index in [1.807, 2.05) is 5.38 Å². The van der Waals surface area contributed by atoms with Crippen LogP contribution >= 0.6 is 11.3 Å². The number of methoxy groups -OCH3 is 1. The molecule has 31 heavy (non-hydrogen) atoms. The molecule has 2 amide bonds. The number of nitrogens with zero attached hydrogens (tertiary/aromatic N) is 3. The van der Waals surface area contributed by atoms with Gasteiger partial charge in [0.2, 0.25) is 4.96 Å². The summed E-state index contributed by atoms with van der Waals surface area (Å²) >= 11 is 1.41. The molecule has 0 unspecified atom stereocenters. The number of para-hydroxylation sites is 2. The monoisotopic (exact) mass is 439 g/mol. The van der Waals surface area contributed by atoms with Crippen LogP contribution in [0.5, 0.6) is 5.75 Å². The van der Waals surface area contributed by atoms with Crippen molar-refractivity contribution in [2.24, 2.45) is 0 Å². The van der Waals surface area contributed by atoms with Gasteiger partial charge in [-0.25, -0.2) is 8.91 Å². The molecule has 4 rings (SSSR count). The predicted octanol–water partition coefficient (Wildman–Crippen LogP) is 2.90. The van der Waals surface area contributed by atoms with Crippen LogP contribution in [0.1, 0.15) is 5.69 Å². The highest BCUT2D eigenvalue weighted by molar-refractivity contribution is 7.15. The van der Waals surface area contributed by atoms with Gasteiger partial charge in [-0.15, -0.1) is 16.4 Å². The van der Waals surface area contributed by atoms with E-state index in [1.165, 1.54) is 30.6 Å². The highest BCUT2D eigenvalue weighted by Crippen LogP contribution is 2.23. The molecule has 10 heteroatoms. The molecule has 0 fully saturated rings. The number of aromatic nitrogens is 3. The van der Waals surface area contributed by atoms with Gasteiger partial charge in [-0.1, -0.05) is 12.1 Å². The Hall–Kier alpha value is -3.79. The molecule has 0 saturated heterocycles. The molecular formula is C21H18FN5O3S. The lowest BCUT2D eigenvalue weighted by Gasteiger charge is -2.09. The number of hydrogen-bond acceptors (Lipinski definition) is 6. The molecule has 8 nitrogen and oxygen atoms in total. The van der Waals surface area contributed by atoms with Gasteiger partial charge in [0.1, 0.15) is 11.6 Å². The second kappa shape index (κ2) is 8.92. The molecule has 0 atom stereocenters. The minimum Gasteiger partial charge on any atom is -0.495 e. The third-order valence-electron chi connectivity index (χ3n) is 4.48. The average molecular weight is 439 g/mol. The highest BCUT2D eigenvalue weighted by atomic mass is 32.1. The minimum absolute atomic E-state index is 0.246. The SMILES string of the molecule is COc1ccccc1NC(=O)C(=O)NCCc1csc2nc(-c3ccc(F)cc3)nn12. The number of hydrogen-bond donors (Lipinski definition) is 2. The van der Waals surface area contributed by atoms with Crippen LogP contribution in [-0.2, 0) is 16.0 Å². The molecule has 2 heterocycles. The first-order valence-corrected chi connectivity index (χ1v) is 10.2. The maximum absolute atomic E-state index is 13.1. The lowest BCUT2D eigenvalue weighted by molar-refractivity contribution is -0.136. The molecule has 158 valence electrons. The number of rotatable bonds is 6. The number of anilines is 1. The molecule has 0 spiro atoms. The van der Waals surface area contributed by atoms with Crippen LogP contribution in [0.2, 0.25) is 0 Å². The Labute approximate surface area is 180 Å². The Morgan fingerprint density at radius 2 is 1.90 bits per heavy atom. The lowest BCUT2D eigenvalue weighted by atomic mass is 10.2. The summed E-state index contributed by atoms with van der Waals surface area (Å²) in [4.78, 5) is 29.4. The Balaban J connectivity index is 1.36. The van der Waals surface area contributed by atoms with Crippen molar-refractivity contribution in [1.29, 1.82) is 0 Å². The van der Waals surface area contributed by atoms with Crippen molar-refractivity contribution in [3.8, 4) is 17.1 Å². The van der Waals surface area contributed by atoms with Gasteiger partial charge in [-0.05, 0) is 36.4 Å². The Kier molecular flexibility index (Phi) is 5.89. The van der Waals surface area contributed by atoms with E-state index < -0.39 is 11.8 Å². The van der Waals surface area contributed by atoms with Crippen molar-refractivity contribution in [2.75, 3.05) is 19.0 Å². The van der Waals surface area contributed by atoms with E-state index >= 15 is 0 Å². The lowest BCUT2D eigenvalue weighted by Crippen LogP contribution is -2.36. The highest BCUT2D eigenvalue weighted by Gasteiger charge is 2.16. The summed E-state index contributed by atoms with van der Waals surface area (Å²) in [5.41, 5.74) is 1.97. The van der Waals surface area contributed by atoms with E-state index in [-0.39, 0.29) is 12.4 Å². The predicted molar refractivity (Wildman–Crippen MR) is 115 cm³/mol. The van der Waals surface area contributed by atoms with Crippen molar-refractivity contribution in [1.82, 2.24) is 19.9 Å². The molecule has 0 aliphatic rings. The fraction of sp³-hybridized carbons (Fsp3) is 0.143. The Bertz CT molecular complexity index is 1240. The second-order valence-corrected chi connectivity index (χ2v) is 7.36. The van der Waals surface area contributed by atoms with Gasteiger partial charge in [0, 0.05) is 23.9 Å². The number of amides is 2. The van der Waals surface area contributed by atoms with Crippen molar-refractivity contribution in [3.63, 3.8) is 0 Å². The topological polar surface area (TPSA) is 97.6 Å². The standard InChI is InChI=1S/C21H18FN5O3S/c1-30-17-5-3-2-4-16(17)24-20(29)19(28)23-11-10-15-12-31-21-25-18(26-27(15)21)13-6-8-14(22)9-7-13/h2-9,12H,10-11H2,1H3,(H,23,28)(H,24,29).